The number of hydrogen-bond donors (Lipinski definition) is 1. The van der Waals surface area contributed by atoms with Crippen LogP contribution >= 0.6 is 0 Å². The Hall–Kier alpha value is -1.68. The van der Waals surface area contributed by atoms with Gasteiger partial charge in [-0.1, -0.05) is 6.07 Å². The van der Waals surface area contributed by atoms with E-state index in [1.807, 2.05) is 19.9 Å². The molecule has 4 heteroatoms. The zero-order valence-electron chi connectivity index (χ0n) is 12.0. The fourth-order valence-electron chi connectivity index (χ4n) is 2.17. The van der Waals surface area contributed by atoms with Crippen LogP contribution in [0.5, 0.6) is 0 Å². The standard InChI is InChI=1S/C15H22N4/c1-12-6-4-7-15(17-12)11-16-8-5-9-19-14(3)10-13(2)18-19/h4,6-7,10,16H,5,8-9,11H2,1-3H3. The second kappa shape index (κ2) is 6.48. The molecule has 0 bridgehead atoms. The molecule has 0 amide bonds. The summed E-state index contributed by atoms with van der Waals surface area (Å²) in [5.74, 6) is 0. The van der Waals surface area contributed by atoms with Gasteiger partial charge in [-0.15, -0.1) is 0 Å². The lowest BCUT2D eigenvalue weighted by Gasteiger charge is -2.06. The summed E-state index contributed by atoms with van der Waals surface area (Å²) >= 11 is 0. The van der Waals surface area contributed by atoms with Gasteiger partial charge in [-0.25, -0.2) is 0 Å². The summed E-state index contributed by atoms with van der Waals surface area (Å²) in [4.78, 5) is 4.47. The molecule has 1 N–H and O–H groups in total. The average Bonchev–Trinajstić information content (AvgIpc) is 2.68. The normalized spacial score (nSPS) is 10.9. The molecule has 0 spiro atoms. The van der Waals surface area contributed by atoms with Crippen LogP contribution in [0.1, 0.15) is 29.2 Å². The number of rotatable bonds is 6. The van der Waals surface area contributed by atoms with Crippen LogP contribution in [0.4, 0.5) is 0 Å². The van der Waals surface area contributed by atoms with E-state index in [1.54, 1.807) is 0 Å². The molecule has 2 heterocycles. The van der Waals surface area contributed by atoms with Gasteiger partial charge in [0.1, 0.15) is 0 Å². The van der Waals surface area contributed by atoms with E-state index in [0.717, 1.165) is 43.1 Å². The van der Waals surface area contributed by atoms with Crippen molar-refractivity contribution < 1.29 is 0 Å². The minimum atomic E-state index is 0.832. The van der Waals surface area contributed by atoms with Crippen molar-refractivity contribution in [3.63, 3.8) is 0 Å². The maximum absolute atomic E-state index is 4.47. The molecule has 0 saturated carbocycles. The fourth-order valence-corrected chi connectivity index (χ4v) is 2.17. The van der Waals surface area contributed by atoms with Crippen molar-refractivity contribution in [1.82, 2.24) is 20.1 Å². The van der Waals surface area contributed by atoms with Crippen molar-refractivity contribution >= 4 is 0 Å². The third kappa shape index (κ3) is 4.17. The first-order valence-electron chi connectivity index (χ1n) is 6.79. The Balaban J connectivity index is 1.69. The van der Waals surface area contributed by atoms with Crippen LogP contribution in [0.25, 0.3) is 0 Å². The summed E-state index contributed by atoms with van der Waals surface area (Å²) in [5.41, 5.74) is 4.50. The third-order valence-corrected chi connectivity index (χ3v) is 3.08. The monoisotopic (exact) mass is 258 g/mol. The topological polar surface area (TPSA) is 42.7 Å². The van der Waals surface area contributed by atoms with Crippen LogP contribution in [0, 0.1) is 20.8 Å². The van der Waals surface area contributed by atoms with Crippen LogP contribution in [-0.2, 0) is 13.1 Å². The van der Waals surface area contributed by atoms with E-state index in [4.69, 9.17) is 0 Å². The van der Waals surface area contributed by atoms with Gasteiger partial charge in [0, 0.05) is 24.5 Å². The van der Waals surface area contributed by atoms with Crippen molar-refractivity contribution in [3.8, 4) is 0 Å². The second-order valence-corrected chi connectivity index (χ2v) is 4.95. The molecule has 19 heavy (non-hydrogen) atoms. The number of nitrogens with one attached hydrogen (secondary N) is 1. The summed E-state index contributed by atoms with van der Waals surface area (Å²) < 4.78 is 2.07. The molecule has 102 valence electrons. The molecule has 0 aromatic carbocycles. The van der Waals surface area contributed by atoms with Crippen molar-refractivity contribution in [3.05, 3.63) is 47.0 Å². The van der Waals surface area contributed by atoms with Gasteiger partial charge in [0.15, 0.2) is 0 Å². The molecule has 0 unspecified atom stereocenters. The predicted molar refractivity (Wildman–Crippen MR) is 77.0 cm³/mol. The van der Waals surface area contributed by atoms with E-state index in [0.29, 0.717) is 0 Å². The summed E-state index contributed by atoms with van der Waals surface area (Å²) in [5, 5.41) is 7.88. The molecule has 2 aromatic rings. The largest absolute Gasteiger partial charge is 0.311 e. The lowest BCUT2D eigenvalue weighted by Crippen LogP contribution is -2.18. The highest BCUT2D eigenvalue weighted by Crippen LogP contribution is 2.02. The molecule has 0 atom stereocenters. The van der Waals surface area contributed by atoms with E-state index in [2.05, 4.69) is 45.2 Å². The SMILES string of the molecule is Cc1cccc(CNCCCn2nc(C)cc2C)n1. The second-order valence-electron chi connectivity index (χ2n) is 4.95. The number of nitrogens with zero attached hydrogens (tertiary/aromatic N) is 3. The van der Waals surface area contributed by atoms with Crippen molar-refractivity contribution in [1.29, 1.82) is 0 Å². The maximum atomic E-state index is 4.47. The fraction of sp³-hybridized carbons (Fsp3) is 0.467. The molecule has 0 aliphatic rings. The Labute approximate surface area is 114 Å². The molecular formula is C15H22N4. The van der Waals surface area contributed by atoms with Gasteiger partial charge in [-0.05, 0) is 51.9 Å². The molecule has 0 radical (unpaired) electrons. The summed E-state index contributed by atoms with van der Waals surface area (Å²) in [6.07, 6.45) is 1.08. The van der Waals surface area contributed by atoms with Crippen LogP contribution in [0.15, 0.2) is 24.3 Å². The lowest BCUT2D eigenvalue weighted by atomic mass is 10.3. The molecule has 0 saturated heterocycles. The highest BCUT2D eigenvalue weighted by molar-refractivity contribution is 5.09. The Kier molecular flexibility index (Phi) is 4.68. The molecule has 0 fully saturated rings. The average molecular weight is 258 g/mol. The quantitative estimate of drug-likeness (QED) is 0.809. The van der Waals surface area contributed by atoms with Gasteiger partial charge in [-0.2, -0.15) is 5.10 Å². The minimum absolute atomic E-state index is 0.832. The molecule has 2 rings (SSSR count). The van der Waals surface area contributed by atoms with Gasteiger partial charge < -0.3 is 5.32 Å². The Morgan fingerprint density at radius 2 is 2.00 bits per heavy atom. The van der Waals surface area contributed by atoms with E-state index >= 15 is 0 Å². The van der Waals surface area contributed by atoms with Crippen LogP contribution in [-0.4, -0.2) is 21.3 Å². The summed E-state index contributed by atoms with van der Waals surface area (Å²) in [6, 6.07) is 8.24. The van der Waals surface area contributed by atoms with Crippen LogP contribution in [0.2, 0.25) is 0 Å². The molecule has 0 aliphatic heterocycles. The highest BCUT2D eigenvalue weighted by atomic mass is 15.3. The Morgan fingerprint density at radius 1 is 1.16 bits per heavy atom. The zero-order valence-corrected chi connectivity index (χ0v) is 12.0. The zero-order chi connectivity index (χ0) is 13.7. The van der Waals surface area contributed by atoms with E-state index in [1.165, 1.54) is 5.69 Å². The van der Waals surface area contributed by atoms with Gasteiger partial charge in [0.25, 0.3) is 0 Å². The van der Waals surface area contributed by atoms with Crippen molar-refractivity contribution in [2.75, 3.05) is 6.54 Å². The third-order valence-electron chi connectivity index (χ3n) is 3.08. The van der Waals surface area contributed by atoms with E-state index in [-0.39, 0.29) is 0 Å². The van der Waals surface area contributed by atoms with Gasteiger partial charge in [0.05, 0.1) is 11.4 Å². The Bertz CT molecular complexity index is 531. The van der Waals surface area contributed by atoms with Crippen LogP contribution in [0.3, 0.4) is 0 Å². The molecular weight excluding hydrogens is 236 g/mol. The molecule has 4 nitrogen and oxygen atoms in total. The first kappa shape index (κ1) is 13.7. The maximum Gasteiger partial charge on any atom is 0.0596 e. The molecule has 2 aromatic heterocycles. The van der Waals surface area contributed by atoms with Crippen molar-refractivity contribution in [2.24, 2.45) is 0 Å². The number of aromatic nitrogens is 3. The van der Waals surface area contributed by atoms with Gasteiger partial charge in [-0.3, -0.25) is 9.67 Å². The summed E-state index contributed by atoms with van der Waals surface area (Å²) in [6.45, 7) is 8.93. The first-order valence-corrected chi connectivity index (χ1v) is 6.79. The highest BCUT2D eigenvalue weighted by Gasteiger charge is 2.00. The molecule has 0 aliphatic carbocycles. The number of hydrogen-bond acceptors (Lipinski definition) is 3. The lowest BCUT2D eigenvalue weighted by molar-refractivity contribution is 0.530. The first-order chi connectivity index (χ1) is 9.15. The van der Waals surface area contributed by atoms with Crippen LogP contribution < -0.4 is 5.32 Å². The summed E-state index contributed by atoms with van der Waals surface area (Å²) in [7, 11) is 0. The minimum Gasteiger partial charge on any atom is -0.311 e. The van der Waals surface area contributed by atoms with Gasteiger partial charge >= 0.3 is 0 Å². The van der Waals surface area contributed by atoms with E-state index < -0.39 is 0 Å². The van der Waals surface area contributed by atoms with Crippen molar-refractivity contribution in [2.45, 2.75) is 40.3 Å². The van der Waals surface area contributed by atoms with Gasteiger partial charge in [0.2, 0.25) is 0 Å². The number of aryl methyl sites for hydroxylation is 4. The predicted octanol–water partition coefficient (Wildman–Crippen LogP) is 2.38. The smallest absolute Gasteiger partial charge is 0.0596 e. The number of pyridine rings is 1. The van der Waals surface area contributed by atoms with E-state index in [9.17, 15) is 0 Å². The Morgan fingerprint density at radius 3 is 2.68 bits per heavy atom.